The standard InChI is InChI=1S/C11H26O6P2/c1-4-15-18(13,10-8-7-9-12)11-19(14,16-5-2)17-6-3/h12H,4-11H2,1-3H3. The van der Waals surface area contributed by atoms with E-state index in [9.17, 15) is 9.13 Å². The molecule has 0 aromatic heterocycles. The van der Waals surface area contributed by atoms with Crippen molar-refractivity contribution in [3.8, 4) is 0 Å². The highest BCUT2D eigenvalue weighted by molar-refractivity contribution is 7.73. The van der Waals surface area contributed by atoms with Gasteiger partial charge in [0.25, 0.3) is 0 Å². The lowest BCUT2D eigenvalue weighted by Gasteiger charge is -2.23. The van der Waals surface area contributed by atoms with Crippen LogP contribution in [0.15, 0.2) is 0 Å². The third-order valence-corrected chi connectivity index (χ3v) is 8.45. The molecule has 1 atom stereocenters. The lowest BCUT2D eigenvalue weighted by atomic mass is 10.4. The fourth-order valence-electron chi connectivity index (χ4n) is 1.65. The van der Waals surface area contributed by atoms with Gasteiger partial charge in [-0.3, -0.25) is 9.13 Å². The van der Waals surface area contributed by atoms with Gasteiger partial charge in [0.15, 0.2) is 0 Å². The third kappa shape index (κ3) is 8.23. The highest BCUT2D eigenvalue weighted by Gasteiger charge is 2.36. The van der Waals surface area contributed by atoms with Gasteiger partial charge in [-0.15, -0.1) is 0 Å². The number of hydrogen-bond donors (Lipinski definition) is 1. The SMILES string of the molecule is CCOP(=O)(CCCCO)CP(=O)(OCC)OCC. The first-order valence-electron chi connectivity index (χ1n) is 6.67. The summed E-state index contributed by atoms with van der Waals surface area (Å²) in [5.74, 6) is -0.194. The Morgan fingerprint density at radius 2 is 1.42 bits per heavy atom. The molecule has 8 heteroatoms. The van der Waals surface area contributed by atoms with E-state index in [2.05, 4.69) is 0 Å². The predicted molar refractivity (Wildman–Crippen MR) is 76.1 cm³/mol. The molecule has 0 aromatic rings. The number of aliphatic hydroxyl groups excluding tert-OH is 1. The topological polar surface area (TPSA) is 82.1 Å². The van der Waals surface area contributed by atoms with Crippen molar-refractivity contribution in [2.24, 2.45) is 0 Å². The van der Waals surface area contributed by atoms with E-state index in [1.807, 2.05) is 0 Å². The molecule has 0 aromatic carbocycles. The van der Waals surface area contributed by atoms with Crippen LogP contribution >= 0.6 is 15.0 Å². The Balaban J connectivity index is 4.75. The molecule has 0 heterocycles. The van der Waals surface area contributed by atoms with Crippen LogP contribution in [-0.4, -0.2) is 43.6 Å². The second-order valence-corrected chi connectivity index (χ2v) is 9.18. The van der Waals surface area contributed by atoms with Crippen LogP contribution in [0.5, 0.6) is 0 Å². The van der Waals surface area contributed by atoms with E-state index in [0.29, 0.717) is 12.8 Å². The van der Waals surface area contributed by atoms with Gasteiger partial charge in [0.05, 0.1) is 19.8 Å². The van der Waals surface area contributed by atoms with Gasteiger partial charge in [-0.1, -0.05) is 0 Å². The summed E-state index contributed by atoms with van der Waals surface area (Å²) < 4.78 is 40.6. The van der Waals surface area contributed by atoms with Crippen molar-refractivity contribution in [3.63, 3.8) is 0 Å². The molecule has 0 bridgehead atoms. The normalized spacial score (nSPS) is 15.4. The largest absolute Gasteiger partial charge is 0.396 e. The fourth-order valence-corrected chi connectivity index (χ4v) is 7.48. The van der Waals surface area contributed by atoms with Gasteiger partial charge in [-0.25, -0.2) is 0 Å². The molecular weight excluding hydrogens is 290 g/mol. The van der Waals surface area contributed by atoms with E-state index in [1.165, 1.54) is 0 Å². The molecule has 6 nitrogen and oxygen atoms in total. The van der Waals surface area contributed by atoms with Crippen molar-refractivity contribution in [3.05, 3.63) is 0 Å². The molecule has 0 aliphatic rings. The Bertz CT molecular complexity index is 310. The first kappa shape index (κ1) is 19.3. The average molecular weight is 316 g/mol. The van der Waals surface area contributed by atoms with Crippen molar-refractivity contribution in [2.75, 3.05) is 38.5 Å². The Morgan fingerprint density at radius 3 is 1.84 bits per heavy atom. The monoisotopic (exact) mass is 316 g/mol. The highest BCUT2D eigenvalue weighted by Crippen LogP contribution is 2.63. The van der Waals surface area contributed by atoms with Gasteiger partial charge in [-0.2, -0.15) is 0 Å². The molecule has 0 aliphatic heterocycles. The molecule has 1 unspecified atom stereocenters. The van der Waals surface area contributed by atoms with Gasteiger partial charge in [0.2, 0.25) is 7.37 Å². The van der Waals surface area contributed by atoms with Crippen LogP contribution in [0.4, 0.5) is 0 Å². The molecule has 0 rings (SSSR count). The maximum atomic E-state index is 12.6. The van der Waals surface area contributed by atoms with E-state index in [0.717, 1.165) is 0 Å². The minimum absolute atomic E-state index is 0.0424. The minimum Gasteiger partial charge on any atom is -0.396 e. The molecule has 0 spiro atoms. The van der Waals surface area contributed by atoms with Crippen LogP contribution in [0.1, 0.15) is 33.6 Å². The second kappa shape index (κ2) is 10.1. The summed E-state index contributed by atoms with van der Waals surface area (Å²) in [6.07, 6.45) is 1.39. The van der Waals surface area contributed by atoms with Crippen molar-refractivity contribution >= 4 is 15.0 Å². The van der Waals surface area contributed by atoms with Gasteiger partial charge >= 0.3 is 7.60 Å². The van der Waals surface area contributed by atoms with E-state index in [4.69, 9.17) is 18.7 Å². The zero-order valence-electron chi connectivity index (χ0n) is 12.0. The maximum absolute atomic E-state index is 12.6. The van der Waals surface area contributed by atoms with Crippen LogP contribution < -0.4 is 0 Å². The first-order chi connectivity index (χ1) is 8.95. The number of unbranched alkanes of at least 4 members (excludes halogenated alkanes) is 1. The maximum Gasteiger partial charge on any atom is 0.340 e. The summed E-state index contributed by atoms with van der Waals surface area (Å²) in [6, 6.07) is 0. The Kier molecular flexibility index (Phi) is 10.2. The quantitative estimate of drug-likeness (QED) is 0.439. The number of aliphatic hydroxyl groups is 1. The van der Waals surface area contributed by atoms with E-state index >= 15 is 0 Å². The summed E-state index contributed by atoms with van der Waals surface area (Å²) in [4.78, 5) is 0. The molecule has 0 aliphatic carbocycles. The molecule has 116 valence electrons. The van der Waals surface area contributed by atoms with Crippen molar-refractivity contribution < 1.29 is 27.8 Å². The molecule has 0 radical (unpaired) electrons. The Hall–Kier alpha value is 0.300. The highest BCUT2D eigenvalue weighted by atomic mass is 31.2. The van der Waals surface area contributed by atoms with Crippen LogP contribution in [0.2, 0.25) is 0 Å². The fraction of sp³-hybridized carbons (Fsp3) is 1.00. The lowest BCUT2D eigenvalue weighted by Crippen LogP contribution is -2.06. The van der Waals surface area contributed by atoms with Crippen molar-refractivity contribution in [2.45, 2.75) is 33.6 Å². The molecule has 0 fully saturated rings. The molecule has 0 saturated carbocycles. The summed E-state index contributed by atoms with van der Waals surface area (Å²) >= 11 is 0. The van der Waals surface area contributed by atoms with Crippen molar-refractivity contribution in [1.82, 2.24) is 0 Å². The third-order valence-electron chi connectivity index (χ3n) is 2.31. The lowest BCUT2D eigenvalue weighted by molar-refractivity contribution is 0.222. The smallest absolute Gasteiger partial charge is 0.340 e. The average Bonchev–Trinajstić information content (AvgIpc) is 2.29. The first-order valence-corrected chi connectivity index (χ1v) is 10.4. The summed E-state index contributed by atoms with van der Waals surface area (Å²) in [6.45, 7) is 5.96. The van der Waals surface area contributed by atoms with E-state index < -0.39 is 15.0 Å². The summed E-state index contributed by atoms with van der Waals surface area (Å²) in [5, 5.41) is 8.76. The zero-order valence-corrected chi connectivity index (χ0v) is 13.8. The zero-order chi connectivity index (χ0) is 14.8. The summed E-state index contributed by atoms with van der Waals surface area (Å²) in [5.41, 5.74) is 0. The van der Waals surface area contributed by atoms with Crippen LogP contribution in [0.25, 0.3) is 0 Å². The second-order valence-electron chi connectivity index (χ2n) is 3.97. The molecule has 19 heavy (non-hydrogen) atoms. The van der Waals surface area contributed by atoms with Gasteiger partial charge in [0, 0.05) is 12.8 Å². The number of hydrogen-bond acceptors (Lipinski definition) is 6. The van der Waals surface area contributed by atoms with Crippen LogP contribution in [-0.2, 0) is 22.7 Å². The van der Waals surface area contributed by atoms with E-state index in [-0.39, 0.29) is 38.5 Å². The Labute approximate surface area is 115 Å². The predicted octanol–water partition coefficient (Wildman–Crippen LogP) is 3.30. The van der Waals surface area contributed by atoms with Gasteiger partial charge in [-0.05, 0) is 33.6 Å². The van der Waals surface area contributed by atoms with Gasteiger partial charge < -0.3 is 18.7 Å². The minimum atomic E-state index is -3.37. The van der Waals surface area contributed by atoms with E-state index in [1.54, 1.807) is 20.8 Å². The Morgan fingerprint density at radius 1 is 0.895 bits per heavy atom. The van der Waals surface area contributed by atoms with Gasteiger partial charge in [0.1, 0.15) is 5.90 Å². The molecule has 1 N–H and O–H groups in total. The molecule has 0 saturated heterocycles. The molecule has 0 amide bonds. The summed E-state index contributed by atoms with van der Waals surface area (Å²) in [7, 11) is -6.42. The van der Waals surface area contributed by atoms with Crippen LogP contribution in [0, 0.1) is 0 Å². The van der Waals surface area contributed by atoms with Crippen LogP contribution in [0.3, 0.4) is 0 Å². The molecular formula is C11H26O6P2. The van der Waals surface area contributed by atoms with Crippen molar-refractivity contribution in [1.29, 1.82) is 0 Å². The number of rotatable bonds is 12.